The number of hydrogen-bond acceptors (Lipinski definition) is 5. The van der Waals surface area contributed by atoms with Gasteiger partial charge >= 0.3 is 0 Å². The van der Waals surface area contributed by atoms with E-state index in [4.69, 9.17) is 9.88 Å². The molecule has 0 amide bonds. The molecule has 0 bridgehead atoms. The molecule has 20 heavy (non-hydrogen) atoms. The van der Waals surface area contributed by atoms with E-state index in [0.29, 0.717) is 12.5 Å². The lowest BCUT2D eigenvalue weighted by molar-refractivity contribution is 0.299. The highest BCUT2D eigenvalue weighted by atomic mass is 32.2. The second-order valence-corrected chi connectivity index (χ2v) is 5.75. The number of aromatic nitrogens is 2. The summed E-state index contributed by atoms with van der Waals surface area (Å²) >= 11 is 0. The van der Waals surface area contributed by atoms with Crippen molar-refractivity contribution in [2.24, 2.45) is 5.14 Å². The molecule has 0 spiro atoms. The first-order valence-corrected chi connectivity index (χ1v) is 7.61. The summed E-state index contributed by atoms with van der Waals surface area (Å²) in [6, 6.07) is 6.78. The monoisotopic (exact) mass is 293 g/mol. The zero-order valence-corrected chi connectivity index (χ0v) is 11.6. The van der Waals surface area contributed by atoms with Crippen molar-refractivity contribution in [3.63, 3.8) is 0 Å². The fourth-order valence-corrected chi connectivity index (χ4v) is 2.08. The third-order valence-electron chi connectivity index (χ3n) is 2.65. The van der Waals surface area contributed by atoms with Crippen LogP contribution >= 0.6 is 0 Å². The number of ether oxygens (including phenoxy) is 1. The van der Waals surface area contributed by atoms with Gasteiger partial charge in [0, 0.05) is 18.5 Å². The van der Waals surface area contributed by atoms with E-state index >= 15 is 0 Å². The van der Waals surface area contributed by atoms with Gasteiger partial charge in [-0.05, 0) is 36.6 Å². The summed E-state index contributed by atoms with van der Waals surface area (Å²) in [6.07, 6.45) is 6.42. The van der Waals surface area contributed by atoms with E-state index in [9.17, 15) is 8.42 Å². The molecule has 2 heterocycles. The molecule has 0 fully saturated rings. The Balaban J connectivity index is 1.80. The van der Waals surface area contributed by atoms with Crippen molar-refractivity contribution in [2.45, 2.75) is 17.7 Å². The van der Waals surface area contributed by atoms with E-state index in [2.05, 4.69) is 9.97 Å². The Bertz CT molecular complexity index is 642. The molecule has 0 aliphatic carbocycles. The summed E-state index contributed by atoms with van der Waals surface area (Å²) in [4.78, 5) is 7.82. The van der Waals surface area contributed by atoms with Crippen LogP contribution in [-0.4, -0.2) is 25.0 Å². The maximum atomic E-state index is 11.1. The third-order valence-corrected chi connectivity index (χ3v) is 3.55. The van der Waals surface area contributed by atoms with Crippen LogP contribution < -0.4 is 9.88 Å². The van der Waals surface area contributed by atoms with Crippen molar-refractivity contribution < 1.29 is 13.2 Å². The predicted octanol–water partition coefficient (Wildman–Crippen LogP) is 1.14. The van der Waals surface area contributed by atoms with Crippen molar-refractivity contribution in [3.8, 4) is 5.88 Å². The Morgan fingerprint density at radius 2 is 1.90 bits per heavy atom. The Morgan fingerprint density at radius 3 is 2.50 bits per heavy atom. The van der Waals surface area contributed by atoms with Gasteiger partial charge in [0.2, 0.25) is 15.9 Å². The maximum Gasteiger partial charge on any atom is 0.239 e. The minimum atomic E-state index is -3.70. The van der Waals surface area contributed by atoms with Gasteiger partial charge in [-0.1, -0.05) is 0 Å². The molecular formula is C13H15N3O3S. The van der Waals surface area contributed by atoms with Crippen molar-refractivity contribution in [2.75, 3.05) is 6.61 Å². The standard InChI is InChI=1S/C13H15N3O3S/c14-20(17,18)12-3-4-13(16-10-12)19-9-1-2-11-5-7-15-8-6-11/h3-8,10H,1-2,9H2,(H2,14,17,18). The average molecular weight is 293 g/mol. The number of aryl methyl sites for hydroxylation is 1. The van der Waals surface area contributed by atoms with Crippen molar-refractivity contribution in [3.05, 3.63) is 48.4 Å². The molecule has 2 rings (SSSR count). The molecule has 0 saturated heterocycles. The Hall–Kier alpha value is -1.99. The lowest BCUT2D eigenvalue weighted by Crippen LogP contribution is -2.12. The Labute approximate surface area is 117 Å². The van der Waals surface area contributed by atoms with Crippen LogP contribution in [0.4, 0.5) is 0 Å². The van der Waals surface area contributed by atoms with E-state index < -0.39 is 10.0 Å². The molecule has 0 aliphatic rings. The molecule has 0 atom stereocenters. The van der Waals surface area contributed by atoms with Gasteiger partial charge in [-0.3, -0.25) is 4.98 Å². The van der Waals surface area contributed by atoms with E-state index in [-0.39, 0.29) is 4.90 Å². The largest absolute Gasteiger partial charge is 0.478 e. The molecule has 2 aromatic heterocycles. The summed E-state index contributed by atoms with van der Waals surface area (Å²) in [5.74, 6) is 0.382. The van der Waals surface area contributed by atoms with Crippen LogP contribution in [0.3, 0.4) is 0 Å². The minimum absolute atomic E-state index is 0.0263. The minimum Gasteiger partial charge on any atom is -0.478 e. The van der Waals surface area contributed by atoms with Gasteiger partial charge in [-0.15, -0.1) is 0 Å². The van der Waals surface area contributed by atoms with Gasteiger partial charge in [0.05, 0.1) is 12.8 Å². The van der Waals surface area contributed by atoms with Crippen LogP contribution in [0.25, 0.3) is 0 Å². The van der Waals surface area contributed by atoms with E-state index in [1.54, 1.807) is 12.4 Å². The first kappa shape index (κ1) is 14.4. The molecule has 2 N–H and O–H groups in total. The highest BCUT2D eigenvalue weighted by Crippen LogP contribution is 2.11. The van der Waals surface area contributed by atoms with Crippen molar-refractivity contribution >= 4 is 10.0 Å². The number of sulfonamides is 1. The van der Waals surface area contributed by atoms with Crippen LogP contribution in [0.5, 0.6) is 5.88 Å². The first-order chi connectivity index (χ1) is 9.55. The number of rotatable bonds is 6. The number of primary sulfonamides is 1. The molecule has 0 saturated carbocycles. The van der Waals surface area contributed by atoms with Gasteiger partial charge in [0.15, 0.2) is 0 Å². The van der Waals surface area contributed by atoms with Gasteiger partial charge < -0.3 is 4.74 Å². The number of hydrogen-bond donors (Lipinski definition) is 1. The summed E-state index contributed by atoms with van der Waals surface area (Å²) in [7, 11) is -3.70. The zero-order chi connectivity index (χ0) is 14.4. The zero-order valence-electron chi connectivity index (χ0n) is 10.8. The first-order valence-electron chi connectivity index (χ1n) is 6.06. The van der Waals surface area contributed by atoms with Gasteiger partial charge in [0.25, 0.3) is 0 Å². The molecule has 0 unspecified atom stereocenters. The molecule has 0 radical (unpaired) electrons. The molecule has 6 nitrogen and oxygen atoms in total. The Kier molecular flexibility index (Phi) is 4.65. The number of nitrogens with zero attached hydrogens (tertiary/aromatic N) is 2. The lowest BCUT2D eigenvalue weighted by Gasteiger charge is -2.05. The second-order valence-electron chi connectivity index (χ2n) is 4.18. The van der Waals surface area contributed by atoms with E-state index in [1.807, 2.05) is 12.1 Å². The maximum absolute atomic E-state index is 11.1. The molecule has 0 aromatic carbocycles. The average Bonchev–Trinajstić information content (AvgIpc) is 2.44. The molecule has 106 valence electrons. The topological polar surface area (TPSA) is 95.2 Å². The molecule has 2 aromatic rings. The molecular weight excluding hydrogens is 278 g/mol. The van der Waals surface area contributed by atoms with Crippen LogP contribution in [0.15, 0.2) is 47.8 Å². The SMILES string of the molecule is NS(=O)(=O)c1ccc(OCCCc2ccncc2)nc1. The second kappa shape index (κ2) is 6.44. The third kappa shape index (κ3) is 4.29. The molecule has 0 aliphatic heterocycles. The van der Waals surface area contributed by atoms with E-state index in [1.165, 1.54) is 23.9 Å². The van der Waals surface area contributed by atoms with Crippen LogP contribution in [0, 0.1) is 0 Å². The van der Waals surface area contributed by atoms with Crippen molar-refractivity contribution in [1.29, 1.82) is 0 Å². The van der Waals surface area contributed by atoms with E-state index in [0.717, 1.165) is 12.8 Å². The highest BCUT2D eigenvalue weighted by molar-refractivity contribution is 7.89. The van der Waals surface area contributed by atoms with Gasteiger partial charge in [0.1, 0.15) is 4.90 Å². The van der Waals surface area contributed by atoms with Crippen molar-refractivity contribution in [1.82, 2.24) is 9.97 Å². The summed E-state index contributed by atoms with van der Waals surface area (Å²) in [6.45, 7) is 0.504. The number of nitrogens with two attached hydrogens (primary N) is 1. The predicted molar refractivity (Wildman–Crippen MR) is 73.7 cm³/mol. The normalized spacial score (nSPS) is 11.2. The van der Waals surface area contributed by atoms with Crippen LogP contribution in [0.1, 0.15) is 12.0 Å². The smallest absolute Gasteiger partial charge is 0.239 e. The summed E-state index contributed by atoms with van der Waals surface area (Å²) in [5.41, 5.74) is 1.20. The summed E-state index contributed by atoms with van der Waals surface area (Å²) in [5, 5.41) is 4.98. The fourth-order valence-electron chi connectivity index (χ4n) is 1.62. The molecule has 7 heteroatoms. The fraction of sp³-hybridized carbons (Fsp3) is 0.231. The van der Waals surface area contributed by atoms with Gasteiger partial charge in [-0.2, -0.15) is 0 Å². The lowest BCUT2D eigenvalue weighted by atomic mass is 10.1. The highest BCUT2D eigenvalue weighted by Gasteiger charge is 2.07. The Morgan fingerprint density at radius 1 is 1.15 bits per heavy atom. The quantitative estimate of drug-likeness (QED) is 0.806. The summed E-state index contributed by atoms with van der Waals surface area (Å²) < 4.78 is 27.5. The van der Waals surface area contributed by atoms with Crippen LogP contribution in [-0.2, 0) is 16.4 Å². The van der Waals surface area contributed by atoms with Gasteiger partial charge in [-0.25, -0.2) is 18.5 Å². The number of pyridine rings is 2. The van der Waals surface area contributed by atoms with Crippen LogP contribution in [0.2, 0.25) is 0 Å².